The van der Waals surface area contributed by atoms with E-state index in [1.165, 1.54) is 6.08 Å². The topological polar surface area (TPSA) is 55.4 Å². The van der Waals surface area contributed by atoms with Crippen LogP contribution in [0.25, 0.3) is 0 Å². The fourth-order valence-electron chi connectivity index (χ4n) is 1.78. The van der Waals surface area contributed by atoms with Crippen LogP contribution in [0.1, 0.15) is 13.8 Å². The molecule has 1 aromatic rings. The summed E-state index contributed by atoms with van der Waals surface area (Å²) in [6, 6.07) is 7.15. The zero-order chi connectivity index (χ0) is 14.0. The van der Waals surface area contributed by atoms with Crippen LogP contribution in [0, 0.1) is 0 Å². The molecular formula is C15H15NO3. The summed E-state index contributed by atoms with van der Waals surface area (Å²) in [6.07, 6.45) is 1.34. The van der Waals surface area contributed by atoms with Gasteiger partial charge in [-0.15, -0.1) is 0 Å². The Morgan fingerprint density at radius 1 is 1.00 bits per heavy atom. The van der Waals surface area contributed by atoms with E-state index in [2.05, 4.69) is 5.32 Å². The van der Waals surface area contributed by atoms with Crippen molar-refractivity contribution in [1.29, 1.82) is 0 Å². The Labute approximate surface area is 111 Å². The van der Waals surface area contributed by atoms with Gasteiger partial charge in [0.25, 0.3) is 0 Å². The summed E-state index contributed by atoms with van der Waals surface area (Å²) in [4.78, 5) is 23.7. The number of hydrogen-bond acceptors (Lipinski definition) is 4. The third-order valence-electron chi connectivity index (χ3n) is 3.16. The van der Waals surface area contributed by atoms with E-state index in [-0.39, 0.29) is 11.6 Å². The number of Topliss-reactive ketones (excluding diaryl/α,β-unsaturated/α-hetero) is 1. The second kappa shape index (κ2) is 5.10. The molecule has 0 saturated heterocycles. The third kappa shape index (κ3) is 2.57. The van der Waals surface area contributed by atoms with E-state index >= 15 is 0 Å². The molecule has 1 aliphatic carbocycles. The molecule has 19 heavy (non-hydrogen) atoms. The zero-order valence-electron chi connectivity index (χ0n) is 11.1. The fourth-order valence-corrected chi connectivity index (χ4v) is 1.78. The molecule has 2 rings (SSSR count). The molecule has 0 saturated carbocycles. The van der Waals surface area contributed by atoms with Crippen molar-refractivity contribution < 1.29 is 14.3 Å². The van der Waals surface area contributed by atoms with E-state index in [0.29, 0.717) is 16.8 Å². The highest BCUT2D eigenvalue weighted by Crippen LogP contribution is 2.22. The lowest BCUT2D eigenvalue weighted by molar-refractivity contribution is -0.115. The van der Waals surface area contributed by atoms with Gasteiger partial charge >= 0.3 is 0 Å². The SMILES string of the molecule is COc1ccc(NC2=CC(=O)C(C)=C(C)C2=O)cc1. The van der Waals surface area contributed by atoms with E-state index in [1.54, 1.807) is 45.2 Å². The molecule has 0 unspecified atom stereocenters. The molecule has 4 heteroatoms. The van der Waals surface area contributed by atoms with Crippen molar-refractivity contribution in [2.24, 2.45) is 0 Å². The average Bonchev–Trinajstić information content (AvgIpc) is 2.43. The van der Waals surface area contributed by atoms with Gasteiger partial charge in [-0.2, -0.15) is 0 Å². The Kier molecular flexibility index (Phi) is 3.51. The van der Waals surface area contributed by atoms with Crippen molar-refractivity contribution in [1.82, 2.24) is 0 Å². The van der Waals surface area contributed by atoms with E-state index in [0.717, 1.165) is 11.4 Å². The molecule has 0 radical (unpaired) electrons. The Morgan fingerprint density at radius 2 is 1.63 bits per heavy atom. The standard InChI is InChI=1S/C15H15NO3/c1-9-10(2)15(18)13(8-14(9)17)16-11-4-6-12(19-3)7-5-11/h4-8,16H,1-3H3. The third-order valence-corrected chi connectivity index (χ3v) is 3.16. The Bertz CT molecular complexity index is 594. The van der Waals surface area contributed by atoms with Gasteiger partial charge in [0.15, 0.2) is 5.78 Å². The van der Waals surface area contributed by atoms with E-state index in [9.17, 15) is 9.59 Å². The van der Waals surface area contributed by atoms with Crippen LogP contribution in [-0.2, 0) is 9.59 Å². The maximum Gasteiger partial charge on any atom is 0.205 e. The minimum absolute atomic E-state index is 0.131. The number of hydrogen-bond donors (Lipinski definition) is 1. The number of rotatable bonds is 3. The average molecular weight is 257 g/mol. The molecular weight excluding hydrogens is 242 g/mol. The van der Waals surface area contributed by atoms with Crippen LogP contribution in [0.3, 0.4) is 0 Å². The minimum Gasteiger partial charge on any atom is -0.497 e. The molecule has 0 aliphatic heterocycles. The molecule has 98 valence electrons. The summed E-state index contributed by atoms with van der Waals surface area (Å²) in [7, 11) is 1.59. The smallest absolute Gasteiger partial charge is 0.205 e. The van der Waals surface area contributed by atoms with Crippen molar-refractivity contribution in [3.05, 3.63) is 47.2 Å². The van der Waals surface area contributed by atoms with Crippen LogP contribution in [0.2, 0.25) is 0 Å². The van der Waals surface area contributed by atoms with Crippen LogP contribution in [0.5, 0.6) is 5.75 Å². The molecule has 1 N–H and O–H groups in total. The maximum absolute atomic E-state index is 12.0. The predicted molar refractivity (Wildman–Crippen MR) is 73.1 cm³/mol. The Hall–Kier alpha value is -2.36. The summed E-state index contributed by atoms with van der Waals surface area (Å²) in [5.41, 5.74) is 2.03. The van der Waals surface area contributed by atoms with Gasteiger partial charge in [0.05, 0.1) is 12.8 Å². The van der Waals surface area contributed by atoms with Crippen LogP contribution in [0.4, 0.5) is 5.69 Å². The lowest BCUT2D eigenvalue weighted by Gasteiger charge is -2.16. The normalized spacial score (nSPS) is 15.4. The first-order valence-electron chi connectivity index (χ1n) is 5.92. The van der Waals surface area contributed by atoms with Gasteiger partial charge in [-0.3, -0.25) is 9.59 Å². The summed E-state index contributed by atoms with van der Waals surface area (Å²) in [6.45, 7) is 3.33. The van der Waals surface area contributed by atoms with Crippen molar-refractivity contribution in [3.63, 3.8) is 0 Å². The lowest BCUT2D eigenvalue weighted by Crippen LogP contribution is -2.21. The van der Waals surface area contributed by atoms with Gasteiger partial charge in [-0.05, 0) is 38.1 Å². The van der Waals surface area contributed by atoms with Gasteiger partial charge in [0, 0.05) is 22.9 Å². The van der Waals surface area contributed by atoms with E-state index in [1.807, 2.05) is 0 Å². The number of carbonyl (C=O) groups is 2. The largest absolute Gasteiger partial charge is 0.497 e. The highest BCUT2D eigenvalue weighted by atomic mass is 16.5. The quantitative estimate of drug-likeness (QED) is 0.845. The fraction of sp³-hybridized carbons (Fsp3) is 0.200. The molecule has 0 bridgehead atoms. The van der Waals surface area contributed by atoms with E-state index < -0.39 is 0 Å². The molecule has 0 amide bonds. The summed E-state index contributed by atoms with van der Waals surface area (Å²) >= 11 is 0. The lowest BCUT2D eigenvalue weighted by atomic mass is 9.95. The molecule has 4 nitrogen and oxygen atoms in total. The maximum atomic E-state index is 12.0. The number of nitrogens with one attached hydrogen (secondary N) is 1. The summed E-state index contributed by atoms with van der Waals surface area (Å²) < 4.78 is 5.06. The van der Waals surface area contributed by atoms with Crippen LogP contribution in [0.15, 0.2) is 47.2 Å². The predicted octanol–water partition coefficient (Wildman–Crippen LogP) is 2.48. The first-order chi connectivity index (χ1) is 9.02. The number of allylic oxidation sites excluding steroid dienone is 3. The number of methoxy groups -OCH3 is 1. The highest BCUT2D eigenvalue weighted by Gasteiger charge is 2.22. The van der Waals surface area contributed by atoms with E-state index in [4.69, 9.17) is 4.74 Å². The number of anilines is 1. The van der Waals surface area contributed by atoms with Gasteiger partial charge in [0.2, 0.25) is 5.78 Å². The van der Waals surface area contributed by atoms with Gasteiger partial charge < -0.3 is 10.1 Å². The molecule has 1 aliphatic rings. The molecule has 1 aromatic carbocycles. The molecule has 0 heterocycles. The summed E-state index contributed by atoms with van der Waals surface area (Å²) in [5.74, 6) is 0.457. The Morgan fingerprint density at radius 3 is 2.21 bits per heavy atom. The monoisotopic (exact) mass is 257 g/mol. The van der Waals surface area contributed by atoms with Crippen molar-refractivity contribution in [3.8, 4) is 5.75 Å². The van der Waals surface area contributed by atoms with Crippen molar-refractivity contribution in [2.75, 3.05) is 12.4 Å². The number of benzene rings is 1. The number of carbonyl (C=O) groups excluding carboxylic acids is 2. The first kappa shape index (κ1) is 13.1. The van der Waals surface area contributed by atoms with Crippen molar-refractivity contribution >= 4 is 17.3 Å². The van der Waals surface area contributed by atoms with Crippen LogP contribution >= 0.6 is 0 Å². The van der Waals surface area contributed by atoms with Gasteiger partial charge in [-0.25, -0.2) is 0 Å². The number of ether oxygens (including phenoxy) is 1. The van der Waals surface area contributed by atoms with Crippen molar-refractivity contribution in [2.45, 2.75) is 13.8 Å². The van der Waals surface area contributed by atoms with Gasteiger partial charge in [0.1, 0.15) is 5.75 Å². The first-order valence-corrected chi connectivity index (χ1v) is 5.92. The molecule has 0 atom stereocenters. The summed E-state index contributed by atoms with van der Waals surface area (Å²) in [5, 5.41) is 2.96. The molecule has 0 spiro atoms. The number of ketones is 2. The molecule has 0 aromatic heterocycles. The minimum atomic E-state index is -0.145. The highest BCUT2D eigenvalue weighted by molar-refractivity contribution is 6.23. The Balaban J connectivity index is 2.22. The van der Waals surface area contributed by atoms with Gasteiger partial charge in [-0.1, -0.05) is 0 Å². The second-order valence-electron chi connectivity index (χ2n) is 4.35. The van der Waals surface area contributed by atoms with Crippen LogP contribution in [-0.4, -0.2) is 18.7 Å². The van der Waals surface area contributed by atoms with Crippen LogP contribution < -0.4 is 10.1 Å². The second-order valence-corrected chi connectivity index (χ2v) is 4.35. The zero-order valence-corrected chi connectivity index (χ0v) is 11.1. The molecule has 0 fully saturated rings.